The molecule has 3 rings (SSSR count). The maximum Gasteiger partial charge on any atom is 0.0702 e. The molecule has 0 aromatic rings. The van der Waals surface area contributed by atoms with Gasteiger partial charge in [-0.1, -0.05) is 0 Å². The Bertz CT molecular complexity index is 216. The fraction of sp³-hybridized carbons (Fsp3) is 1.00. The lowest BCUT2D eigenvalue weighted by molar-refractivity contribution is 0.0288. The Labute approximate surface area is 110 Å². The van der Waals surface area contributed by atoms with Gasteiger partial charge < -0.3 is 9.47 Å². The monoisotopic (exact) mass is 254 g/mol. The van der Waals surface area contributed by atoms with E-state index in [2.05, 4.69) is 9.80 Å². The molecule has 0 aromatic heterocycles. The third kappa shape index (κ3) is 3.44. The van der Waals surface area contributed by atoms with Crippen LogP contribution in [0.1, 0.15) is 25.7 Å². The summed E-state index contributed by atoms with van der Waals surface area (Å²) in [6.07, 6.45) is 6.05. The molecule has 2 atom stereocenters. The van der Waals surface area contributed by atoms with Gasteiger partial charge in [-0.3, -0.25) is 9.80 Å². The van der Waals surface area contributed by atoms with Crippen LogP contribution in [0.3, 0.4) is 0 Å². The van der Waals surface area contributed by atoms with Crippen molar-refractivity contribution in [2.45, 2.75) is 37.9 Å². The van der Waals surface area contributed by atoms with Gasteiger partial charge in [-0.15, -0.1) is 0 Å². The molecule has 0 aromatic carbocycles. The van der Waals surface area contributed by atoms with E-state index in [4.69, 9.17) is 9.47 Å². The van der Waals surface area contributed by atoms with Crippen LogP contribution >= 0.6 is 0 Å². The minimum absolute atomic E-state index is 0.509. The molecule has 3 heterocycles. The SMILES string of the molecule is C1CO[C@@H](CN2CCN(C[C@H]3CCCO3)CC2)C1. The van der Waals surface area contributed by atoms with Crippen molar-refractivity contribution in [3.05, 3.63) is 0 Å². The molecule has 0 aliphatic carbocycles. The van der Waals surface area contributed by atoms with Gasteiger partial charge in [0.2, 0.25) is 0 Å². The standard InChI is InChI=1S/C14H26N2O2/c1-3-13(17-9-1)11-15-5-7-16(8-6-15)12-14-4-2-10-18-14/h13-14H,1-12H2/t13-,14-/m1/s1. The second kappa shape index (κ2) is 6.33. The van der Waals surface area contributed by atoms with Crippen LogP contribution in [0.25, 0.3) is 0 Å². The molecule has 3 aliphatic heterocycles. The van der Waals surface area contributed by atoms with E-state index in [1.54, 1.807) is 0 Å². The molecule has 18 heavy (non-hydrogen) atoms. The summed E-state index contributed by atoms with van der Waals surface area (Å²) in [7, 11) is 0. The first-order valence-electron chi connectivity index (χ1n) is 7.58. The summed E-state index contributed by atoms with van der Waals surface area (Å²) in [6, 6.07) is 0. The van der Waals surface area contributed by atoms with Crippen LogP contribution in [0.4, 0.5) is 0 Å². The van der Waals surface area contributed by atoms with Crippen molar-refractivity contribution in [2.24, 2.45) is 0 Å². The number of hydrogen-bond donors (Lipinski definition) is 0. The predicted octanol–water partition coefficient (Wildman–Crippen LogP) is 0.962. The second-order valence-corrected chi connectivity index (χ2v) is 5.87. The van der Waals surface area contributed by atoms with Crippen molar-refractivity contribution < 1.29 is 9.47 Å². The number of ether oxygens (including phenoxy) is 2. The van der Waals surface area contributed by atoms with Crippen molar-refractivity contribution in [3.63, 3.8) is 0 Å². The molecular formula is C14H26N2O2. The first-order chi connectivity index (χ1) is 8.90. The summed E-state index contributed by atoms with van der Waals surface area (Å²) in [4.78, 5) is 5.14. The molecule has 3 saturated heterocycles. The van der Waals surface area contributed by atoms with Gasteiger partial charge in [-0.2, -0.15) is 0 Å². The topological polar surface area (TPSA) is 24.9 Å². The molecule has 4 heteroatoms. The number of hydrogen-bond acceptors (Lipinski definition) is 4. The van der Waals surface area contributed by atoms with Crippen LogP contribution in [0, 0.1) is 0 Å². The fourth-order valence-corrected chi connectivity index (χ4v) is 3.31. The highest BCUT2D eigenvalue weighted by Crippen LogP contribution is 2.16. The quantitative estimate of drug-likeness (QED) is 0.746. The Kier molecular flexibility index (Phi) is 4.52. The Hall–Kier alpha value is -0.160. The maximum atomic E-state index is 5.71. The highest BCUT2D eigenvalue weighted by atomic mass is 16.5. The zero-order chi connectivity index (χ0) is 12.2. The van der Waals surface area contributed by atoms with Crippen molar-refractivity contribution in [2.75, 3.05) is 52.5 Å². The summed E-state index contributed by atoms with van der Waals surface area (Å²) in [5, 5.41) is 0. The van der Waals surface area contributed by atoms with Crippen LogP contribution in [-0.2, 0) is 9.47 Å². The van der Waals surface area contributed by atoms with Gasteiger partial charge in [0.1, 0.15) is 0 Å². The molecule has 0 N–H and O–H groups in total. The summed E-state index contributed by atoms with van der Waals surface area (Å²) in [6.45, 7) is 9.05. The third-order valence-electron chi connectivity index (χ3n) is 4.44. The summed E-state index contributed by atoms with van der Waals surface area (Å²) >= 11 is 0. The van der Waals surface area contributed by atoms with E-state index in [1.807, 2.05) is 0 Å². The van der Waals surface area contributed by atoms with E-state index in [0.29, 0.717) is 12.2 Å². The Morgan fingerprint density at radius 3 is 1.50 bits per heavy atom. The third-order valence-corrected chi connectivity index (χ3v) is 4.44. The average Bonchev–Trinajstić information content (AvgIpc) is 3.05. The van der Waals surface area contributed by atoms with E-state index in [0.717, 1.165) is 26.3 Å². The van der Waals surface area contributed by atoms with Crippen LogP contribution in [0.15, 0.2) is 0 Å². The van der Waals surface area contributed by atoms with E-state index in [9.17, 15) is 0 Å². The summed E-state index contributed by atoms with van der Waals surface area (Å²) in [5.41, 5.74) is 0. The Morgan fingerprint density at radius 2 is 1.17 bits per heavy atom. The van der Waals surface area contributed by atoms with Gasteiger partial charge in [0, 0.05) is 52.5 Å². The van der Waals surface area contributed by atoms with Crippen molar-refractivity contribution >= 4 is 0 Å². The van der Waals surface area contributed by atoms with Gasteiger partial charge in [0.25, 0.3) is 0 Å². The molecule has 0 spiro atoms. The highest BCUT2D eigenvalue weighted by molar-refractivity contribution is 4.79. The molecule has 0 radical (unpaired) electrons. The first kappa shape index (κ1) is 12.9. The molecule has 3 fully saturated rings. The molecule has 0 unspecified atom stereocenters. The van der Waals surface area contributed by atoms with Crippen molar-refractivity contribution in [3.8, 4) is 0 Å². The number of nitrogens with zero attached hydrogens (tertiary/aromatic N) is 2. The first-order valence-corrected chi connectivity index (χ1v) is 7.58. The smallest absolute Gasteiger partial charge is 0.0702 e. The van der Waals surface area contributed by atoms with Gasteiger partial charge in [-0.05, 0) is 25.7 Å². The Balaban J connectivity index is 1.35. The second-order valence-electron chi connectivity index (χ2n) is 5.87. The van der Waals surface area contributed by atoms with Gasteiger partial charge in [0.05, 0.1) is 12.2 Å². The highest BCUT2D eigenvalue weighted by Gasteiger charge is 2.25. The zero-order valence-corrected chi connectivity index (χ0v) is 11.4. The van der Waals surface area contributed by atoms with E-state index < -0.39 is 0 Å². The number of piperazine rings is 1. The molecule has 3 aliphatic rings. The van der Waals surface area contributed by atoms with Gasteiger partial charge in [0.15, 0.2) is 0 Å². The molecule has 0 saturated carbocycles. The van der Waals surface area contributed by atoms with E-state index in [1.165, 1.54) is 51.9 Å². The average molecular weight is 254 g/mol. The number of rotatable bonds is 4. The zero-order valence-electron chi connectivity index (χ0n) is 11.4. The molecule has 104 valence electrons. The van der Waals surface area contributed by atoms with Gasteiger partial charge >= 0.3 is 0 Å². The Morgan fingerprint density at radius 1 is 0.722 bits per heavy atom. The van der Waals surface area contributed by atoms with Gasteiger partial charge in [-0.25, -0.2) is 0 Å². The maximum absolute atomic E-state index is 5.71. The van der Waals surface area contributed by atoms with Crippen LogP contribution in [0.2, 0.25) is 0 Å². The normalized spacial score (nSPS) is 35.3. The van der Waals surface area contributed by atoms with Crippen molar-refractivity contribution in [1.29, 1.82) is 0 Å². The van der Waals surface area contributed by atoms with Crippen LogP contribution in [0.5, 0.6) is 0 Å². The minimum Gasteiger partial charge on any atom is -0.377 e. The van der Waals surface area contributed by atoms with E-state index in [-0.39, 0.29) is 0 Å². The minimum atomic E-state index is 0.509. The fourth-order valence-electron chi connectivity index (χ4n) is 3.31. The summed E-state index contributed by atoms with van der Waals surface area (Å²) < 4.78 is 11.4. The largest absolute Gasteiger partial charge is 0.377 e. The predicted molar refractivity (Wildman–Crippen MR) is 70.8 cm³/mol. The van der Waals surface area contributed by atoms with Crippen LogP contribution < -0.4 is 0 Å². The molecule has 0 amide bonds. The van der Waals surface area contributed by atoms with Crippen molar-refractivity contribution in [1.82, 2.24) is 9.80 Å². The van der Waals surface area contributed by atoms with E-state index >= 15 is 0 Å². The molecule has 0 bridgehead atoms. The molecular weight excluding hydrogens is 228 g/mol. The lowest BCUT2D eigenvalue weighted by Gasteiger charge is -2.36. The van der Waals surface area contributed by atoms with Crippen LogP contribution in [-0.4, -0.2) is 74.5 Å². The molecule has 4 nitrogen and oxygen atoms in total. The summed E-state index contributed by atoms with van der Waals surface area (Å²) in [5.74, 6) is 0. The lowest BCUT2D eigenvalue weighted by atomic mass is 10.2. The lowest BCUT2D eigenvalue weighted by Crippen LogP contribution is -2.50.